The first-order chi connectivity index (χ1) is 12.0. The maximum Gasteiger partial charge on any atom is 0.193 e. The molecule has 1 aliphatic rings. The number of guanidine groups is 1. The third kappa shape index (κ3) is 5.43. The molecule has 1 aromatic rings. The normalized spacial score (nSPS) is 17.0. The lowest BCUT2D eigenvalue weighted by Crippen LogP contribution is -2.47. The van der Waals surface area contributed by atoms with Crippen LogP contribution in [0.1, 0.15) is 46.1 Å². The number of hydrogen-bond acceptors (Lipinski definition) is 2. The molecule has 1 fully saturated rings. The molecule has 0 aliphatic carbocycles. The average molecular weight is 349 g/mol. The minimum atomic E-state index is -0.352. The monoisotopic (exact) mass is 349 g/mol. The largest absolute Gasteiger partial charge is 0.378 e. The number of ether oxygens (including phenoxy) is 1. The van der Waals surface area contributed by atoms with Crippen molar-refractivity contribution in [1.29, 1.82) is 0 Å². The maximum atomic E-state index is 14.1. The highest BCUT2D eigenvalue weighted by Gasteiger charge is 2.26. The number of likely N-dealkylation sites (tertiary alicyclic amines) is 1. The summed E-state index contributed by atoms with van der Waals surface area (Å²) in [6.45, 7) is 12.2. The van der Waals surface area contributed by atoms with Gasteiger partial charge in [0.15, 0.2) is 5.96 Å². The molecule has 1 saturated heterocycles. The van der Waals surface area contributed by atoms with E-state index in [1.165, 1.54) is 6.07 Å². The number of halogens is 1. The SMILES string of the molecule is CCNC(=NCC(C)(C)c1ccccc1F)N1CCC(OCC)CC1. The van der Waals surface area contributed by atoms with Crippen LogP contribution >= 0.6 is 0 Å². The van der Waals surface area contributed by atoms with Gasteiger partial charge < -0.3 is 15.0 Å². The number of nitrogens with one attached hydrogen (secondary N) is 1. The third-order valence-electron chi connectivity index (χ3n) is 4.71. The molecule has 0 aromatic heterocycles. The highest BCUT2D eigenvalue weighted by Crippen LogP contribution is 2.26. The van der Waals surface area contributed by atoms with Gasteiger partial charge >= 0.3 is 0 Å². The molecule has 5 heteroatoms. The van der Waals surface area contributed by atoms with Crippen molar-refractivity contribution in [3.05, 3.63) is 35.6 Å². The Balaban J connectivity index is 2.05. The van der Waals surface area contributed by atoms with Crippen molar-refractivity contribution in [2.45, 2.75) is 52.1 Å². The number of hydrogen-bond donors (Lipinski definition) is 1. The molecule has 0 spiro atoms. The van der Waals surface area contributed by atoms with Gasteiger partial charge in [-0.3, -0.25) is 4.99 Å². The van der Waals surface area contributed by atoms with Gasteiger partial charge in [-0.15, -0.1) is 0 Å². The molecule has 25 heavy (non-hydrogen) atoms. The van der Waals surface area contributed by atoms with Gasteiger partial charge in [0, 0.05) is 31.7 Å². The lowest BCUT2D eigenvalue weighted by molar-refractivity contribution is 0.0263. The van der Waals surface area contributed by atoms with Crippen LogP contribution in [0.5, 0.6) is 0 Å². The van der Waals surface area contributed by atoms with E-state index in [1.54, 1.807) is 6.07 Å². The summed E-state index contributed by atoms with van der Waals surface area (Å²) in [4.78, 5) is 7.11. The van der Waals surface area contributed by atoms with Gasteiger partial charge in [-0.05, 0) is 38.3 Å². The zero-order valence-electron chi connectivity index (χ0n) is 16.0. The second kappa shape index (κ2) is 9.18. The highest BCUT2D eigenvalue weighted by atomic mass is 19.1. The van der Waals surface area contributed by atoms with Crippen LogP contribution in [-0.4, -0.2) is 49.7 Å². The smallest absolute Gasteiger partial charge is 0.193 e. The molecule has 4 nitrogen and oxygen atoms in total. The van der Waals surface area contributed by atoms with Crippen LogP contribution in [0.25, 0.3) is 0 Å². The van der Waals surface area contributed by atoms with Gasteiger partial charge in [-0.1, -0.05) is 32.0 Å². The van der Waals surface area contributed by atoms with Crippen molar-refractivity contribution >= 4 is 5.96 Å². The summed E-state index contributed by atoms with van der Waals surface area (Å²) in [6.07, 6.45) is 2.41. The standard InChI is InChI=1S/C20H32FN3O/c1-5-22-19(24-13-11-16(12-14-24)25-6-2)23-15-20(3,4)17-9-7-8-10-18(17)21/h7-10,16H,5-6,11-15H2,1-4H3,(H,22,23). The highest BCUT2D eigenvalue weighted by molar-refractivity contribution is 5.80. The Bertz CT molecular complexity index is 566. The fourth-order valence-corrected chi connectivity index (χ4v) is 3.26. The van der Waals surface area contributed by atoms with E-state index in [2.05, 4.69) is 17.1 Å². The molecule has 0 amide bonds. The Kier molecular flexibility index (Phi) is 7.24. The van der Waals surface area contributed by atoms with E-state index in [0.717, 1.165) is 45.0 Å². The van der Waals surface area contributed by atoms with Crippen molar-refractivity contribution in [3.63, 3.8) is 0 Å². The predicted molar refractivity (Wildman–Crippen MR) is 102 cm³/mol. The van der Waals surface area contributed by atoms with Gasteiger partial charge in [0.1, 0.15) is 5.82 Å². The molecule has 0 bridgehead atoms. The molecular weight excluding hydrogens is 317 g/mol. The van der Waals surface area contributed by atoms with E-state index >= 15 is 0 Å². The quantitative estimate of drug-likeness (QED) is 0.630. The van der Waals surface area contributed by atoms with E-state index < -0.39 is 0 Å². The van der Waals surface area contributed by atoms with Crippen molar-refractivity contribution < 1.29 is 9.13 Å². The van der Waals surface area contributed by atoms with Crippen LogP contribution in [0.4, 0.5) is 4.39 Å². The van der Waals surface area contributed by atoms with E-state index in [0.29, 0.717) is 18.2 Å². The van der Waals surface area contributed by atoms with Gasteiger partial charge in [0.2, 0.25) is 0 Å². The van der Waals surface area contributed by atoms with Crippen molar-refractivity contribution in [1.82, 2.24) is 10.2 Å². The number of piperidine rings is 1. The van der Waals surface area contributed by atoms with Crippen LogP contribution in [0, 0.1) is 5.82 Å². The summed E-state index contributed by atoms with van der Waals surface area (Å²) in [5.74, 6) is 0.757. The second-order valence-corrected chi connectivity index (χ2v) is 7.18. The number of rotatable bonds is 6. The van der Waals surface area contributed by atoms with Crippen LogP contribution in [0.15, 0.2) is 29.3 Å². The first-order valence-electron chi connectivity index (χ1n) is 9.37. The molecule has 1 heterocycles. The summed E-state index contributed by atoms with van der Waals surface area (Å²) in [5, 5.41) is 3.38. The summed E-state index contributed by atoms with van der Waals surface area (Å²) >= 11 is 0. The Morgan fingerprint density at radius 2 is 1.96 bits per heavy atom. The first kappa shape index (κ1) is 19.7. The summed E-state index contributed by atoms with van der Waals surface area (Å²) in [5.41, 5.74) is 0.361. The second-order valence-electron chi connectivity index (χ2n) is 7.18. The lowest BCUT2D eigenvalue weighted by atomic mass is 9.84. The van der Waals surface area contributed by atoms with Crippen molar-refractivity contribution in [3.8, 4) is 0 Å². The number of aliphatic imine (C=N–C) groups is 1. The lowest BCUT2D eigenvalue weighted by Gasteiger charge is -2.34. The molecular formula is C20H32FN3O. The van der Waals surface area contributed by atoms with Crippen molar-refractivity contribution in [2.75, 3.05) is 32.8 Å². The average Bonchev–Trinajstić information content (AvgIpc) is 2.60. The zero-order valence-corrected chi connectivity index (χ0v) is 16.0. The summed E-state index contributed by atoms with van der Waals surface area (Å²) in [6, 6.07) is 6.98. The first-order valence-corrected chi connectivity index (χ1v) is 9.37. The molecule has 2 rings (SSSR count). The Morgan fingerprint density at radius 1 is 1.28 bits per heavy atom. The van der Waals surface area contributed by atoms with Crippen LogP contribution in [0.2, 0.25) is 0 Å². The van der Waals surface area contributed by atoms with Gasteiger partial charge in [0.25, 0.3) is 0 Å². The van der Waals surface area contributed by atoms with E-state index in [-0.39, 0.29) is 11.2 Å². The number of benzene rings is 1. The molecule has 1 aromatic carbocycles. The topological polar surface area (TPSA) is 36.9 Å². The minimum Gasteiger partial charge on any atom is -0.378 e. The van der Waals surface area contributed by atoms with E-state index in [9.17, 15) is 4.39 Å². The fourth-order valence-electron chi connectivity index (χ4n) is 3.26. The fraction of sp³-hybridized carbons (Fsp3) is 0.650. The molecule has 0 unspecified atom stereocenters. The summed E-state index contributed by atoms with van der Waals surface area (Å²) < 4.78 is 19.9. The van der Waals surface area contributed by atoms with E-state index in [1.807, 2.05) is 32.9 Å². The Morgan fingerprint density at radius 3 is 2.56 bits per heavy atom. The third-order valence-corrected chi connectivity index (χ3v) is 4.71. The van der Waals surface area contributed by atoms with E-state index in [4.69, 9.17) is 9.73 Å². The van der Waals surface area contributed by atoms with Crippen LogP contribution in [-0.2, 0) is 10.2 Å². The van der Waals surface area contributed by atoms with Crippen LogP contribution < -0.4 is 5.32 Å². The molecule has 0 saturated carbocycles. The van der Waals surface area contributed by atoms with Crippen molar-refractivity contribution in [2.24, 2.45) is 4.99 Å². The molecule has 1 aliphatic heterocycles. The van der Waals surface area contributed by atoms with Crippen LogP contribution in [0.3, 0.4) is 0 Å². The van der Waals surface area contributed by atoms with Gasteiger partial charge in [-0.2, -0.15) is 0 Å². The zero-order chi connectivity index (χ0) is 18.3. The minimum absolute atomic E-state index is 0.162. The Hall–Kier alpha value is -1.62. The molecule has 0 radical (unpaired) electrons. The maximum absolute atomic E-state index is 14.1. The Labute approximate surface area is 151 Å². The van der Waals surface area contributed by atoms with Gasteiger partial charge in [-0.25, -0.2) is 4.39 Å². The molecule has 0 atom stereocenters. The predicted octanol–water partition coefficient (Wildman–Crippen LogP) is 3.57. The summed E-state index contributed by atoms with van der Waals surface area (Å²) in [7, 11) is 0. The molecule has 140 valence electrons. The number of nitrogens with zero attached hydrogens (tertiary/aromatic N) is 2. The molecule has 1 N–H and O–H groups in total. The van der Waals surface area contributed by atoms with Gasteiger partial charge in [0.05, 0.1) is 12.6 Å².